The SMILES string of the molecule is COCCOCCCCCCCCCCCCCCCCCOC=O. The van der Waals surface area contributed by atoms with E-state index in [9.17, 15) is 4.79 Å². The molecule has 0 saturated heterocycles. The molecule has 4 nitrogen and oxygen atoms in total. The summed E-state index contributed by atoms with van der Waals surface area (Å²) in [5, 5.41) is 0. The van der Waals surface area contributed by atoms with Gasteiger partial charge in [-0.1, -0.05) is 83.5 Å². The molecule has 25 heavy (non-hydrogen) atoms. The smallest absolute Gasteiger partial charge is 0.293 e. The third-order valence-electron chi connectivity index (χ3n) is 4.55. The van der Waals surface area contributed by atoms with Crippen molar-refractivity contribution in [2.24, 2.45) is 0 Å². The normalized spacial score (nSPS) is 10.9. The number of carbonyl (C=O) groups excluding carboxylic acids is 1. The standard InChI is InChI=1S/C21H42O4/c1-23-19-20-24-17-15-13-11-9-7-5-3-2-4-6-8-10-12-14-16-18-25-21-22/h21H,2-20H2,1H3. The summed E-state index contributed by atoms with van der Waals surface area (Å²) < 4.78 is 15.1. The zero-order valence-corrected chi connectivity index (χ0v) is 16.6. The zero-order chi connectivity index (χ0) is 18.3. The summed E-state index contributed by atoms with van der Waals surface area (Å²) in [6.45, 7) is 3.45. The van der Waals surface area contributed by atoms with Crippen LogP contribution in [0, 0.1) is 0 Å². The van der Waals surface area contributed by atoms with Crippen LogP contribution in [-0.2, 0) is 19.0 Å². The van der Waals surface area contributed by atoms with E-state index in [-0.39, 0.29) is 0 Å². The van der Waals surface area contributed by atoms with Crippen LogP contribution in [0.5, 0.6) is 0 Å². The fraction of sp³-hybridized carbons (Fsp3) is 0.952. The highest BCUT2D eigenvalue weighted by molar-refractivity contribution is 5.36. The first kappa shape index (κ1) is 24.4. The lowest BCUT2D eigenvalue weighted by molar-refractivity contribution is -0.128. The minimum Gasteiger partial charge on any atom is -0.468 e. The molecule has 0 amide bonds. The maximum atomic E-state index is 9.98. The molecule has 0 radical (unpaired) electrons. The van der Waals surface area contributed by atoms with Crippen LogP contribution in [0.1, 0.15) is 96.3 Å². The Hall–Kier alpha value is -0.610. The summed E-state index contributed by atoms with van der Waals surface area (Å²) in [4.78, 5) is 9.98. The lowest BCUT2D eigenvalue weighted by Crippen LogP contribution is -2.02. The summed E-state index contributed by atoms with van der Waals surface area (Å²) in [7, 11) is 1.71. The van der Waals surface area contributed by atoms with Crippen molar-refractivity contribution in [2.75, 3.05) is 33.5 Å². The molecule has 0 unspecified atom stereocenters. The lowest BCUT2D eigenvalue weighted by Gasteiger charge is -2.04. The van der Waals surface area contributed by atoms with Gasteiger partial charge >= 0.3 is 0 Å². The van der Waals surface area contributed by atoms with Gasteiger partial charge in [-0.25, -0.2) is 0 Å². The lowest BCUT2D eigenvalue weighted by atomic mass is 10.0. The van der Waals surface area contributed by atoms with Crippen molar-refractivity contribution in [1.29, 1.82) is 0 Å². The molecular formula is C21H42O4. The van der Waals surface area contributed by atoms with Crippen molar-refractivity contribution < 1.29 is 19.0 Å². The van der Waals surface area contributed by atoms with E-state index < -0.39 is 0 Å². The number of methoxy groups -OCH3 is 1. The largest absolute Gasteiger partial charge is 0.468 e. The van der Waals surface area contributed by atoms with Crippen molar-refractivity contribution in [3.05, 3.63) is 0 Å². The maximum absolute atomic E-state index is 9.98. The second-order valence-electron chi connectivity index (χ2n) is 6.88. The van der Waals surface area contributed by atoms with Gasteiger partial charge in [-0.15, -0.1) is 0 Å². The van der Waals surface area contributed by atoms with Crippen molar-refractivity contribution in [2.45, 2.75) is 96.3 Å². The Bertz CT molecular complexity index is 246. The molecule has 0 fully saturated rings. The van der Waals surface area contributed by atoms with Crippen molar-refractivity contribution in [3.8, 4) is 0 Å². The highest BCUT2D eigenvalue weighted by Gasteiger charge is 1.95. The summed E-state index contributed by atoms with van der Waals surface area (Å²) in [6.07, 6.45) is 19.8. The summed E-state index contributed by atoms with van der Waals surface area (Å²) in [6, 6.07) is 0. The average molecular weight is 359 g/mol. The van der Waals surface area contributed by atoms with E-state index in [0.29, 0.717) is 19.7 Å². The predicted octanol–water partition coefficient (Wildman–Crippen LogP) is 5.67. The number of unbranched alkanes of at least 4 members (excludes halogenated alkanes) is 14. The number of hydrogen-bond donors (Lipinski definition) is 0. The Kier molecular flexibility index (Phi) is 22.8. The van der Waals surface area contributed by atoms with Gasteiger partial charge in [-0.2, -0.15) is 0 Å². The number of hydrogen-bond acceptors (Lipinski definition) is 4. The van der Waals surface area contributed by atoms with Gasteiger partial charge in [0.05, 0.1) is 19.8 Å². The quantitative estimate of drug-likeness (QED) is 0.185. The second-order valence-corrected chi connectivity index (χ2v) is 6.88. The molecule has 0 bridgehead atoms. The van der Waals surface area contributed by atoms with Crippen LogP contribution in [0.3, 0.4) is 0 Å². The number of ether oxygens (including phenoxy) is 3. The van der Waals surface area contributed by atoms with E-state index in [1.54, 1.807) is 7.11 Å². The van der Waals surface area contributed by atoms with Gasteiger partial charge in [-0.3, -0.25) is 4.79 Å². The van der Waals surface area contributed by atoms with Crippen LogP contribution in [0.4, 0.5) is 0 Å². The first-order valence-electron chi connectivity index (χ1n) is 10.5. The Morgan fingerprint density at radius 2 is 0.920 bits per heavy atom. The Morgan fingerprint density at radius 3 is 1.32 bits per heavy atom. The Balaban J connectivity index is 2.95. The molecule has 0 aromatic heterocycles. The molecule has 0 spiro atoms. The van der Waals surface area contributed by atoms with Gasteiger partial charge in [-0.05, 0) is 12.8 Å². The first-order valence-corrected chi connectivity index (χ1v) is 10.5. The molecule has 0 aliphatic carbocycles. The molecule has 0 aromatic carbocycles. The fourth-order valence-corrected chi connectivity index (χ4v) is 2.98. The minimum absolute atomic E-state index is 0.542. The molecule has 0 aliphatic heterocycles. The molecule has 0 aromatic rings. The molecule has 0 heterocycles. The number of rotatable bonds is 22. The highest BCUT2D eigenvalue weighted by Crippen LogP contribution is 2.13. The minimum atomic E-state index is 0.542. The molecule has 4 heteroatoms. The third-order valence-corrected chi connectivity index (χ3v) is 4.55. The van der Waals surface area contributed by atoms with Crippen molar-refractivity contribution in [1.82, 2.24) is 0 Å². The molecule has 0 rings (SSSR count). The Labute approximate surface area is 156 Å². The maximum Gasteiger partial charge on any atom is 0.293 e. The molecule has 0 atom stereocenters. The predicted molar refractivity (Wildman–Crippen MR) is 104 cm³/mol. The van der Waals surface area contributed by atoms with E-state index >= 15 is 0 Å². The van der Waals surface area contributed by atoms with E-state index in [1.807, 2.05) is 0 Å². The average Bonchev–Trinajstić information content (AvgIpc) is 2.63. The van der Waals surface area contributed by atoms with Crippen molar-refractivity contribution >= 4 is 6.47 Å². The summed E-state index contributed by atoms with van der Waals surface area (Å²) in [5.74, 6) is 0. The van der Waals surface area contributed by atoms with Crippen LogP contribution in [0.15, 0.2) is 0 Å². The van der Waals surface area contributed by atoms with E-state index in [4.69, 9.17) is 9.47 Å². The van der Waals surface area contributed by atoms with Crippen LogP contribution in [0.2, 0.25) is 0 Å². The van der Waals surface area contributed by atoms with E-state index in [0.717, 1.165) is 19.6 Å². The van der Waals surface area contributed by atoms with Crippen LogP contribution < -0.4 is 0 Å². The van der Waals surface area contributed by atoms with Gasteiger partial charge in [0.15, 0.2) is 0 Å². The van der Waals surface area contributed by atoms with E-state index in [2.05, 4.69) is 4.74 Å². The topological polar surface area (TPSA) is 44.8 Å². The zero-order valence-electron chi connectivity index (χ0n) is 16.6. The first-order chi connectivity index (χ1) is 12.4. The monoisotopic (exact) mass is 358 g/mol. The second kappa shape index (κ2) is 23.4. The van der Waals surface area contributed by atoms with Crippen LogP contribution in [-0.4, -0.2) is 40.0 Å². The van der Waals surface area contributed by atoms with E-state index in [1.165, 1.54) is 89.9 Å². The molecule has 0 N–H and O–H groups in total. The van der Waals surface area contributed by atoms with Gasteiger partial charge in [0.2, 0.25) is 0 Å². The Morgan fingerprint density at radius 1 is 0.520 bits per heavy atom. The van der Waals surface area contributed by atoms with Gasteiger partial charge in [0.1, 0.15) is 0 Å². The number of carbonyl (C=O) groups is 1. The summed E-state index contributed by atoms with van der Waals surface area (Å²) in [5.41, 5.74) is 0. The molecular weight excluding hydrogens is 316 g/mol. The molecule has 0 aliphatic rings. The van der Waals surface area contributed by atoms with Gasteiger partial charge in [0, 0.05) is 13.7 Å². The summed E-state index contributed by atoms with van der Waals surface area (Å²) >= 11 is 0. The van der Waals surface area contributed by atoms with Gasteiger partial charge in [0.25, 0.3) is 6.47 Å². The van der Waals surface area contributed by atoms with Crippen LogP contribution >= 0.6 is 0 Å². The molecule has 0 saturated carbocycles. The fourth-order valence-electron chi connectivity index (χ4n) is 2.98. The third kappa shape index (κ3) is 23.4. The highest BCUT2D eigenvalue weighted by atomic mass is 16.5. The van der Waals surface area contributed by atoms with Crippen molar-refractivity contribution in [3.63, 3.8) is 0 Å². The van der Waals surface area contributed by atoms with Crippen LogP contribution in [0.25, 0.3) is 0 Å². The van der Waals surface area contributed by atoms with Gasteiger partial charge < -0.3 is 14.2 Å². The molecule has 150 valence electrons.